The highest BCUT2D eigenvalue weighted by molar-refractivity contribution is 6.33. The van der Waals surface area contributed by atoms with Crippen molar-refractivity contribution in [1.82, 2.24) is 0 Å². The van der Waals surface area contributed by atoms with Crippen LogP contribution in [0.5, 0.6) is 0 Å². The molecule has 1 fully saturated rings. The number of fused-ring (bicyclic) bond motifs is 4. The molecule has 0 bridgehead atoms. The van der Waals surface area contributed by atoms with E-state index in [4.69, 9.17) is 0 Å². The molecule has 2 heterocycles. The lowest BCUT2D eigenvalue weighted by Gasteiger charge is -2.41. The van der Waals surface area contributed by atoms with Crippen LogP contribution in [0.15, 0.2) is 48.5 Å². The predicted octanol–water partition coefficient (Wildman–Crippen LogP) is 2.57. The summed E-state index contributed by atoms with van der Waals surface area (Å²) in [4.78, 5) is 44.0. The Balaban J connectivity index is 1.78. The minimum atomic E-state index is -1.27. The number of ketones is 1. The third kappa shape index (κ3) is 1.63. The summed E-state index contributed by atoms with van der Waals surface area (Å²) in [5.41, 5.74) is 0.470. The van der Waals surface area contributed by atoms with E-state index in [2.05, 4.69) is 0 Å². The standard InChI is InChI=1S/C22H20N2O3/c1-23-16-10-5-3-8-14(16)21(19(23)26)12-7-13-22(18(21)25)15-9-4-6-11-17(15)24(2)20(22)27/h3-6,8-11H,7,12-13H2,1-2H3/t21-,22-/m0/s1. The second-order valence-corrected chi connectivity index (χ2v) is 7.76. The Hall–Kier alpha value is -2.95. The number of amides is 2. The number of rotatable bonds is 0. The molecular formula is C22H20N2O3. The minimum absolute atomic E-state index is 0.215. The molecule has 5 nitrogen and oxygen atoms in total. The normalized spacial score (nSPS) is 29.0. The lowest BCUT2D eigenvalue weighted by molar-refractivity contribution is -0.144. The molecule has 2 aliphatic heterocycles. The van der Waals surface area contributed by atoms with Gasteiger partial charge >= 0.3 is 0 Å². The molecule has 5 heteroatoms. The van der Waals surface area contributed by atoms with E-state index in [0.29, 0.717) is 19.3 Å². The highest BCUT2D eigenvalue weighted by Crippen LogP contribution is 2.56. The molecule has 0 saturated heterocycles. The van der Waals surface area contributed by atoms with E-state index in [1.807, 2.05) is 48.5 Å². The van der Waals surface area contributed by atoms with Crippen LogP contribution in [0, 0.1) is 0 Å². The van der Waals surface area contributed by atoms with Gasteiger partial charge in [-0.2, -0.15) is 0 Å². The molecular weight excluding hydrogens is 340 g/mol. The van der Waals surface area contributed by atoms with Crippen LogP contribution < -0.4 is 9.80 Å². The van der Waals surface area contributed by atoms with Gasteiger partial charge in [-0.05, 0) is 42.5 Å². The molecule has 0 aromatic heterocycles. The van der Waals surface area contributed by atoms with Crippen LogP contribution >= 0.6 is 0 Å². The number of likely N-dealkylation sites (N-methyl/N-ethyl adjacent to an activating group) is 2. The average Bonchev–Trinajstić information content (AvgIpc) is 3.04. The van der Waals surface area contributed by atoms with Crippen molar-refractivity contribution in [2.75, 3.05) is 23.9 Å². The molecule has 27 heavy (non-hydrogen) atoms. The first kappa shape index (κ1) is 16.2. The summed E-state index contributed by atoms with van der Waals surface area (Å²) >= 11 is 0. The Morgan fingerprint density at radius 1 is 0.704 bits per heavy atom. The maximum absolute atomic E-state index is 14.1. The summed E-state index contributed by atoms with van der Waals surface area (Å²) < 4.78 is 0. The van der Waals surface area contributed by atoms with Crippen molar-refractivity contribution in [3.05, 3.63) is 59.7 Å². The number of hydrogen-bond donors (Lipinski definition) is 0. The van der Waals surface area contributed by atoms with E-state index in [1.54, 1.807) is 23.9 Å². The van der Waals surface area contributed by atoms with E-state index < -0.39 is 10.8 Å². The van der Waals surface area contributed by atoms with Crippen molar-refractivity contribution in [2.45, 2.75) is 30.1 Å². The highest BCUT2D eigenvalue weighted by atomic mass is 16.2. The van der Waals surface area contributed by atoms with Crippen molar-refractivity contribution >= 4 is 29.0 Å². The van der Waals surface area contributed by atoms with Crippen molar-refractivity contribution in [1.29, 1.82) is 0 Å². The van der Waals surface area contributed by atoms with E-state index >= 15 is 0 Å². The largest absolute Gasteiger partial charge is 0.314 e. The zero-order chi connectivity index (χ0) is 19.0. The highest BCUT2D eigenvalue weighted by Gasteiger charge is 2.67. The molecule has 2 aromatic carbocycles. The minimum Gasteiger partial charge on any atom is -0.314 e. The average molecular weight is 360 g/mol. The molecule has 2 atom stereocenters. The Kier molecular flexibility index (Phi) is 3.05. The molecule has 0 radical (unpaired) electrons. The van der Waals surface area contributed by atoms with Gasteiger partial charge in [-0.3, -0.25) is 14.4 Å². The van der Waals surface area contributed by atoms with Crippen molar-refractivity contribution in [3.63, 3.8) is 0 Å². The summed E-state index contributed by atoms with van der Waals surface area (Å²) in [5.74, 6) is -0.690. The smallest absolute Gasteiger partial charge is 0.245 e. The third-order valence-corrected chi connectivity index (χ3v) is 6.67. The number of benzene rings is 2. The van der Waals surface area contributed by atoms with Crippen LogP contribution in [0.25, 0.3) is 0 Å². The quantitative estimate of drug-likeness (QED) is 0.679. The molecule has 2 spiro atoms. The zero-order valence-electron chi connectivity index (χ0n) is 15.4. The van der Waals surface area contributed by atoms with Gasteiger partial charge < -0.3 is 9.80 Å². The molecule has 136 valence electrons. The number of anilines is 2. The molecule has 1 aliphatic carbocycles. The second-order valence-electron chi connectivity index (χ2n) is 7.76. The SMILES string of the molecule is CN1C(=O)[C@@]2(CCC[C@@]3(C(=O)N(C)c4ccccc43)C2=O)c2ccccc21. The monoisotopic (exact) mass is 360 g/mol. The van der Waals surface area contributed by atoms with Gasteiger partial charge in [-0.1, -0.05) is 36.4 Å². The van der Waals surface area contributed by atoms with Gasteiger partial charge in [0.05, 0.1) is 0 Å². The summed E-state index contributed by atoms with van der Waals surface area (Å²) in [6.07, 6.45) is 1.55. The Morgan fingerprint density at radius 2 is 1.11 bits per heavy atom. The molecule has 1 saturated carbocycles. The summed E-state index contributed by atoms with van der Waals surface area (Å²) in [7, 11) is 3.42. The number of carbonyl (C=O) groups excluding carboxylic acids is 3. The third-order valence-electron chi connectivity index (χ3n) is 6.67. The fraction of sp³-hybridized carbons (Fsp3) is 0.318. The number of Topliss-reactive ketones (excluding diaryl/α,β-unsaturated/α-hetero) is 1. The van der Waals surface area contributed by atoms with E-state index in [-0.39, 0.29) is 17.6 Å². The van der Waals surface area contributed by atoms with E-state index in [1.165, 1.54) is 0 Å². The topological polar surface area (TPSA) is 57.7 Å². The fourth-order valence-corrected chi connectivity index (χ4v) is 5.41. The Morgan fingerprint density at radius 3 is 1.56 bits per heavy atom. The van der Waals surface area contributed by atoms with Crippen molar-refractivity contribution in [3.8, 4) is 0 Å². The van der Waals surface area contributed by atoms with Gasteiger partial charge in [0.1, 0.15) is 10.8 Å². The first-order valence-electron chi connectivity index (χ1n) is 9.26. The van der Waals surface area contributed by atoms with Gasteiger partial charge in [-0.25, -0.2) is 0 Å². The molecule has 5 rings (SSSR count). The molecule has 0 N–H and O–H groups in total. The molecule has 3 aliphatic rings. The van der Waals surface area contributed by atoms with Crippen molar-refractivity contribution in [2.24, 2.45) is 0 Å². The van der Waals surface area contributed by atoms with Crippen LogP contribution in [0.2, 0.25) is 0 Å². The lowest BCUT2D eigenvalue weighted by atomic mass is 9.57. The van der Waals surface area contributed by atoms with E-state index in [0.717, 1.165) is 22.5 Å². The van der Waals surface area contributed by atoms with Gasteiger partial charge in [-0.15, -0.1) is 0 Å². The maximum Gasteiger partial charge on any atom is 0.245 e. The van der Waals surface area contributed by atoms with Gasteiger partial charge in [0.25, 0.3) is 0 Å². The molecule has 2 aromatic rings. The van der Waals surface area contributed by atoms with Gasteiger partial charge in [0.2, 0.25) is 11.8 Å². The van der Waals surface area contributed by atoms with Gasteiger partial charge in [0, 0.05) is 25.5 Å². The van der Waals surface area contributed by atoms with Crippen LogP contribution in [0.4, 0.5) is 11.4 Å². The summed E-state index contributed by atoms with van der Waals surface area (Å²) in [6, 6.07) is 14.9. The second kappa shape index (κ2) is 5.06. The predicted molar refractivity (Wildman–Crippen MR) is 102 cm³/mol. The lowest BCUT2D eigenvalue weighted by Crippen LogP contribution is -2.60. The first-order chi connectivity index (χ1) is 13.0. The summed E-state index contributed by atoms with van der Waals surface area (Å²) in [5, 5.41) is 0. The van der Waals surface area contributed by atoms with Crippen LogP contribution in [0.1, 0.15) is 30.4 Å². The number of hydrogen-bond acceptors (Lipinski definition) is 3. The van der Waals surface area contributed by atoms with Crippen LogP contribution in [0.3, 0.4) is 0 Å². The fourth-order valence-electron chi connectivity index (χ4n) is 5.41. The number of carbonyl (C=O) groups is 3. The maximum atomic E-state index is 14.1. The zero-order valence-corrected chi connectivity index (χ0v) is 15.4. The number of para-hydroxylation sites is 2. The molecule has 0 unspecified atom stereocenters. The summed E-state index contributed by atoms with van der Waals surface area (Å²) in [6.45, 7) is 0. The Labute approximate surface area is 157 Å². The van der Waals surface area contributed by atoms with Crippen LogP contribution in [-0.4, -0.2) is 31.7 Å². The Bertz CT molecular complexity index is 950. The van der Waals surface area contributed by atoms with E-state index in [9.17, 15) is 14.4 Å². The number of nitrogens with zero attached hydrogens (tertiary/aromatic N) is 2. The van der Waals surface area contributed by atoms with Crippen LogP contribution in [-0.2, 0) is 25.2 Å². The first-order valence-corrected chi connectivity index (χ1v) is 9.26. The molecule has 2 amide bonds. The van der Waals surface area contributed by atoms with Gasteiger partial charge in [0.15, 0.2) is 5.78 Å². The van der Waals surface area contributed by atoms with Crippen molar-refractivity contribution < 1.29 is 14.4 Å².